The summed E-state index contributed by atoms with van der Waals surface area (Å²) in [5, 5.41) is 17.8. The molecule has 0 aromatic carbocycles. The largest absolute Gasteiger partial charge is 0.352 e. The lowest BCUT2D eigenvalue weighted by Crippen LogP contribution is -2.47. The highest BCUT2D eigenvalue weighted by Crippen LogP contribution is 2.14. The molecule has 1 fully saturated rings. The van der Waals surface area contributed by atoms with Gasteiger partial charge in [0.1, 0.15) is 12.2 Å². The lowest BCUT2D eigenvalue weighted by atomic mass is 10.0. The van der Waals surface area contributed by atoms with Crippen LogP contribution in [0.15, 0.2) is 18.6 Å². The summed E-state index contributed by atoms with van der Waals surface area (Å²) in [7, 11) is 0. The molecule has 1 saturated heterocycles. The van der Waals surface area contributed by atoms with Gasteiger partial charge in [-0.15, -0.1) is 5.10 Å². The Hall–Kier alpha value is -2.22. The van der Waals surface area contributed by atoms with Gasteiger partial charge in [-0.3, -0.25) is 9.89 Å². The molecule has 124 valence electrons. The monoisotopic (exact) mass is 317 g/mol. The third-order valence-electron chi connectivity index (χ3n) is 4.26. The van der Waals surface area contributed by atoms with E-state index in [0.717, 1.165) is 31.5 Å². The minimum Gasteiger partial charge on any atom is -0.352 e. The number of aromatic amines is 1. The zero-order valence-electron chi connectivity index (χ0n) is 13.6. The van der Waals surface area contributed by atoms with Gasteiger partial charge in [0.15, 0.2) is 0 Å². The van der Waals surface area contributed by atoms with E-state index in [9.17, 15) is 4.79 Å². The van der Waals surface area contributed by atoms with E-state index < -0.39 is 0 Å². The summed E-state index contributed by atoms with van der Waals surface area (Å²) < 4.78 is 1.56. The van der Waals surface area contributed by atoms with E-state index >= 15 is 0 Å². The lowest BCUT2D eigenvalue weighted by Gasteiger charge is -2.34. The van der Waals surface area contributed by atoms with Crippen LogP contribution in [-0.4, -0.2) is 61.2 Å². The Bertz CT molecular complexity index is 626. The van der Waals surface area contributed by atoms with E-state index in [-0.39, 0.29) is 18.5 Å². The fourth-order valence-electron chi connectivity index (χ4n) is 2.88. The van der Waals surface area contributed by atoms with Crippen LogP contribution in [0.4, 0.5) is 0 Å². The summed E-state index contributed by atoms with van der Waals surface area (Å²) in [6, 6.07) is 0.831. The summed E-state index contributed by atoms with van der Waals surface area (Å²) in [4.78, 5) is 14.6. The summed E-state index contributed by atoms with van der Waals surface area (Å²) in [5.74, 6) is -0.0170. The van der Waals surface area contributed by atoms with Crippen molar-refractivity contribution in [1.29, 1.82) is 0 Å². The van der Waals surface area contributed by atoms with Crippen LogP contribution in [0, 0.1) is 0 Å². The standard InChI is InChI=1S/C15H23N7O/c1-11(2)21-5-3-13(4-6-21)18-15(23)10-22-9-14(19-20-22)12-7-16-17-8-12/h7-9,11,13H,3-6,10H2,1-2H3,(H,16,17)(H,18,23). The van der Waals surface area contributed by atoms with Crippen molar-refractivity contribution in [2.24, 2.45) is 0 Å². The van der Waals surface area contributed by atoms with Crippen LogP contribution in [0.1, 0.15) is 26.7 Å². The van der Waals surface area contributed by atoms with E-state index in [1.54, 1.807) is 23.3 Å². The molecule has 0 bridgehead atoms. The number of piperidine rings is 1. The molecule has 0 unspecified atom stereocenters. The van der Waals surface area contributed by atoms with Crippen LogP contribution in [0.2, 0.25) is 0 Å². The van der Waals surface area contributed by atoms with Crippen molar-refractivity contribution in [2.45, 2.75) is 45.3 Å². The molecule has 0 spiro atoms. The Balaban J connectivity index is 1.48. The first kappa shape index (κ1) is 15.7. The number of likely N-dealkylation sites (tertiary alicyclic amines) is 1. The molecule has 2 aromatic rings. The number of hydrogen-bond acceptors (Lipinski definition) is 5. The molecule has 8 heteroatoms. The lowest BCUT2D eigenvalue weighted by molar-refractivity contribution is -0.122. The number of nitrogens with zero attached hydrogens (tertiary/aromatic N) is 5. The van der Waals surface area contributed by atoms with Gasteiger partial charge >= 0.3 is 0 Å². The number of rotatable bonds is 5. The number of nitrogens with one attached hydrogen (secondary N) is 2. The van der Waals surface area contributed by atoms with Crippen LogP contribution in [0.5, 0.6) is 0 Å². The van der Waals surface area contributed by atoms with E-state index in [4.69, 9.17) is 0 Å². The molecular formula is C15H23N7O. The first-order valence-electron chi connectivity index (χ1n) is 8.04. The van der Waals surface area contributed by atoms with Crippen molar-refractivity contribution in [3.05, 3.63) is 18.6 Å². The number of carbonyl (C=O) groups is 1. The minimum atomic E-state index is -0.0170. The Kier molecular flexibility index (Phi) is 4.71. The zero-order valence-corrected chi connectivity index (χ0v) is 13.6. The highest BCUT2D eigenvalue weighted by molar-refractivity contribution is 5.76. The average Bonchev–Trinajstić information content (AvgIpc) is 3.18. The molecular weight excluding hydrogens is 294 g/mol. The topological polar surface area (TPSA) is 91.7 Å². The van der Waals surface area contributed by atoms with Crippen LogP contribution in [0.3, 0.4) is 0 Å². The second-order valence-electron chi connectivity index (χ2n) is 6.26. The van der Waals surface area contributed by atoms with Gasteiger partial charge in [0.25, 0.3) is 0 Å². The molecule has 0 aliphatic carbocycles. The first-order chi connectivity index (χ1) is 11.1. The van der Waals surface area contributed by atoms with Gasteiger partial charge in [-0.05, 0) is 26.7 Å². The molecule has 23 heavy (non-hydrogen) atoms. The molecule has 1 aliphatic rings. The van der Waals surface area contributed by atoms with Gasteiger partial charge in [0, 0.05) is 36.9 Å². The number of hydrogen-bond donors (Lipinski definition) is 2. The van der Waals surface area contributed by atoms with Crippen LogP contribution < -0.4 is 5.32 Å². The van der Waals surface area contributed by atoms with E-state index in [1.165, 1.54) is 0 Å². The normalized spacial score (nSPS) is 16.8. The van der Waals surface area contributed by atoms with Crippen molar-refractivity contribution in [1.82, 2.24) is 35.4 Å². The predicted octanol–water partition coefficient (Wildman–Crippen LogP) is 0.657. The van der Waals surface area contributed by atoms with E-state index in [1.807, 2.05) is 0 Å². The maximum atomic E-state index is 12.2. The van der Waals surface area contributed by atoms with Crippen molar-refractivity contribution in [3.63, 3.8) is 0 Å². The molecule has 0 radical (unpaired) electrons. The maximum Gasteiger partial charge on any atom is 0.242 e. The molecule has 1 amide bonds. The highest BCUT2D eigenvalue weighted by Gasteiger charge is 2.22. The van der Waals surface area contributed by atoms with E-state index in [0.29, 0.717) is 11.7 Å². The van der Waals surface area contributed by atoms with Gasteiger partial charge in [-0.2, -0.15) is 5.10 Å². The van der Waals surface area contributed by atoms with Gasteiger partial charge in [0.05, 0.1) is 12.4 Å². The van der Waals surface area contributed by atoms with Crippen molar-refractivity contribution in [3.8, 4) is 11.3 Å². The Morgan fingerprint density at radius 1 is 1.43 bits per heavy atom. The van der Waals surface area contributed by atoms with Crippen molar-refractivity contribution < 1.29 is 4.79 Å². The Labute approximate surface area is 135 Å². The molecule has 3 heterocycles. The average molecular weight is 317 g/mol. The molecule has 2 aromatic heterocycles. The number of H-pyrrole nitrogens is 1. The SMILES string of the molecule is CC(C)N1CCC(NC(=O)Cn2cc(-c3cn[nH]c3)nn2)CC1. The van der Waals surface area contributed by atoms with Gasteiger partial charge in [-0.25, -0.2) is 4.68 Å². The van der Waals surface area contributed by atoms with Crippen LogP contribution in [0.25, 0.3) is 11.3 Å². The minimum absolute atomic E-state index is 0.0170. The highest BCUT2D eigenvalue weighted by atomic mass is 16.2. The summed E-state index contributed by atoms with van der Waals surface area (Å²) >= 11 is 0. The summed E-state index contributed by atoms with van der Waals surface area (Å²) in [6.45, 7) is 6.69. The smallest absolute Gasteiger partial charge is 0.242 e. The zero-order chi connectivity index (χ0) is 16.2. The fraction of sp³-hybridized carbons (Fsp3) is 0.600. The van der Waals surface area contributed by atoms with Crippen LogP contribution >= 0.6 is 0 Å². The molecule has 3 rings (SSSR count). The number of amides is 1. The number of carbonyl (C=O) groups excluding carboxylic acids is 1. The van der Waals surface area contributed by atoms with Gasteiger partial charge in [0.2, 0.25) is 5.91 Å². The van der Waals surface area contributed by atoms with Crippen LogP contribution in [-0.2, 0) is 11.3 Å². The Morgan fingerprint density at radius 2 is 2.22 bits per heavy atom. The molecule has 2 N–H and O–H groups in total. The molecule has 1 aliphatic heterocycles. The quantitative estimate of drug-likeness (QED) is 0.845. The number of aromatic nitrogens is 5. The first-order valence-corrected chi connectivity index (χ1v) is 8.04. The molecule has 8 nitrogen and oxygen atoms in total. The Morgan fingerprint density at radius 3 is 2.87 bits per heavy atom. The van der Waals surface area contributed by atoms with E-state index in [2.05, 4.69) is 44.6 Å². The van der Waals surface area contributed by atoms with Crippen molar-refractivity contribution >= 4 is 5.91 Å². The van der Waals surface area contributed by atoms with Gasteiger partial charge < -0.3 is 10.2 Å². The molecule has 0 atom stereocenters. The summed E-state index contributed by atoms with van der Waals surface area (Å²) in [5.41, 5.74) is 1.56. The summed E-state index contributed by atoms with van der Waals surface area (Å²) in [6.07, 6.45) is 7.18. The second-order valence-corrected chi connectivity index (χ2v) is 6.26. The predicted molar refractivity (Wildman–Crippen MR) is 85.5 cm³/mol. The third kappa shape index (κ3) is 3.95. The maximum absolute atomic E-state index is 12.2. The third-order valence-corrected chi connectivity index (χ3v) is 4.26. The fourth-order valence-corrected chi connectivity index (χ4v) is 2.88. The molecule has 0 saturated carbocycles. The van der Waals surface area contributed by atoms with Gasteiger partial charge in [-0.1, -0.05) is 5.21 Å². The van der Waals surface area contributed by atoms with Crippen molar-refractivity contribution in [2.75, 3.05) is 13.1 Å². The second kappa shape index (κ2) is 6.91.